The van der Waals surface area contributed by atoms with Crippen molar-refractivity contribution in [1.82, 2.24) is 26.6 Å². The van der Waals surface area contributed by atoms with Crippen LogP contribution >= 0.6 is 25.3 Å². The molecule has 30 heavy (non-hydrogen) atoms. The zero-order valence-corrected chi connectivity index (χ0v) is 17.9. The van der Waals surface area contributed by atoms with Crippen LogP contribution < -0.4 is 32.3 Å². The second-order valence-electron chi connectivity index (χ2n) is 5.93. The van der Waals surface area contributed by atoms with Gasteiger partial charge in [0.25, 0.3) is 0 Å². The summed E-state index contributed by atoms with van der Waals surface area (Å²) in [6.07, 6.45) is 0. The molecule has 0 saturated heterocycles. The van der Waals surface area contributed by atoms with E-state index in [1.54, 1.807) is 0 Å². The van der Waals surface area contributed by atoms with E-state index in [-0.39, 0.29) is 11.5 Å². The largest absolute Gasteiger partial charge is 0.480 e. The average molecular weight is 467 g/mol. The Balaban J connectivity index is 4.40. The van der Waals surface area contributed by atoms with Crippen molar-refractivity contribution in [3.8, 4) is 0 Å². The number of aliphatic carboxylic acids is 1. The first kappa shape index (κ1) is 27.5. The minimum Gasteiger partial charge on any atom is -0.480 e. The molecule has 0 aromatic heterocycles. The van der Waals surface area contributed by atoms with Gasteiger partial charge in [0.15, 0.2) is 0 Å². The average Bonchev–Trinajstić information content (AvgIpc) is 2.71. The molecule has 0 bridgehead atoms. The van der Waals surface area contributed by atoms with E-state index >= 15 is 0 Å². The summed E-state index contributed by atoms with van der Waals surface area (Å²) in [5.41, 5.74) is 5.43. The molecule has 170 valence electrons. The number of carboxylic acid groups (broad SMARTS) is 1. The highest BCUT2D eigenvalue weighted by molar-refractivity contribution is 7.80. The molecule has 13 nitrogen and oxygen atoms in total. The first-order chi connectivity index (χ1) is 14.0. The van der Waals surface area contributed by atoms with E-state index in [0.717, 1.165) is 0 Å². The molecular formula is C15H26N6O7S2. The van der Waals surface area contributed by atoms with Gasteiger partial charge < -0.3 is 37.4 Å². The summed E-state index contributed by atoms with van der Waals surface area (Å²) in [7, 11) is 0. The first-order valence-corrected chi connectivity index (χ1v) is 9.89. The number of nitrogens with one attached hydrogen (secondary N) is 5. The van der Waals surface area contributed by atoms with Crippen LogP contribution in [0.4, 0.5) is 0 Å². The van der Waals surface area contributed by atoms with E-state index in [1.807, 2.05) is 0 Å². The van der Waals surface area contributed by atoms with Crippen LogP contribution in [0.5, 0.6) is 0 Å². The highest BCUT2D eigenvalue weighted by Crippen LogP contribution is 1.92. The topological polar surface area (TPSA) is 209 Å². The molecule has 0 aliphatic carbocycles. The summed E-state index contributed by atoms with van der Waals surface area (Å²) in [5.74, 6) is -4.63. The van der Waals surface area contributed by atoms with Gasteiger partial charge in [-0.15, -0.1) is 0 Å². The van der Waals surface area contributed by atoms with E-state index in [9.17, 15) is 28.8 Å². The highest BCUT2D eigenvalue weighted by Gasteiger charge is 2.23. The van der Waals surface area contributed by atoms with Gasteiger partial charge in [-0.2, -0.15) is 25.3 Å². The summed E-state index contributed by atoms with van der Waals surface area (Å²) >= 11 is 7.81. The fraction of sp³-hybridized carbons (Fsp3) is 0.600. The molecule has 15 heteroatoms. The van der Waals surface area contributed by atoms with Crippen LogP contribution in [0.2, 0.25) is 0 Å². The number of nitrogens with two attached hydrogens (primary N) is 1. The summed E-state index contributed by atoms with van der Waals surface area (Å²) in [4.78, 5) is 69.2. The molecule has 0 radical (unpaired) electrons. The van der Waals surface area contributed by atoms with E-state index in [2.05, 4.69) is 51.8 Å². The van der Waals surface area contributed by atoms with Crippen LogP contribution in [0.1, 0.15) is 6.92 Å². The Hall–Kier alpha value is -2.52. The quantitative estimate of drug-likeness (QED) is 0.121. The maximum atomic E-state index is 12.1. The zero-order chi connectivity index (χ0) is 23.3. The number of thiol groups is 2. The van der Waals surface area contributed by atoms with E-state index < -0.39 is 73.3 Å². The van der Waals surface area contributed by atoms with Crippen molar-refractivity contribution in [3.63, 3.8) is 0 Å². The van der Waals surface area contributed by atoms with Crippen molar-refractivity contribution in [1.29, 1.82) is 0 Å². The number of carbonyl (C=O) groups excluding carboxylic acids is 5. The fourth-order valence-electron chi connectivity index (χ4n) is 1.76. The minimum absolute atomic E-state index is 0.100. The maximum Gasteiger partial charge on any atom is 0.322 e. The third kappa shape index (κ3) is 11.5. The summed E-state index contributed by atoms with van der Waals surface area (Å²) in [6, 6.07) is -3.03. The third-order valence-electron chi connectivity index (χ3n) is 3.40. The Morgan fingerprint density at radius 3 is 1.90 bits per heavy atom. The lowest BCUT2D eigenvalue weighted by molar-refractivity contribution is -0.138. The maximum absolute atomic E-state index is 12.1. The van der Waals surface area contributed by atoms with Gasteiger partial charge in [-0.25, -0.2) is 0 Å². The molecule has 0 unspecified atom stereocenters. The van der Waals surface area contributed by atoms with Gasteiger partial charge in [0.2, 0.25) is 29.5 Å². The Bertz CT molecular complexity index is 663. The molecule has 0 aliphatic rings. The molecule has 0 heterocycles. The van der Waals surface area contributed by atoms with Crippen LogP contribution in [-0.4, -0.2) is 89.9 Å². The molecule has 0 spiro atoms. The molecular weight excluding hydrogens is 440 g/mol. The second kappa shape index (κ2) is 14.5. The van der Waals surface area contributed by atoms with Crippen molar-refractivity contribution in [2.75, 3.05) is 31.1 Å². The van der Waals surface area contributed by atoms with Gasteiger partial charge in [0.05, 0.1) is 19.1 Å². The fourth-order valence-corrected chi connectivity index (χ4v) is 2.18. The van der Waals surface area contributed by atoms with Crippen LogP contribution in [0, 0.1) is 0 Å². The van der Waals surface area contributed by atoms with Crippen molar-refractivity contribution in [3.05, 3.63) is 0 Å². The number of hydrogen-bond donors (Lipinski definition) is 9. The predicted octanol–water partition coefficient (Wildman–Crippen LogP) is -4.40. The molecule has 0 saturated carbocycles. The molecule has 0 rings (SSSR count). The Labute approximate surface area is 183 Å². The van der Waals surface area contributed by atoms with Crippen molar-refractivity contribution in [2.45, 2.75) is 25.0 Å². The van der Waals surface area contributed by atoms with Crippen LogP contribution in [0.15, 0.2) is 0 Å². The van der Waals surface area contributed by atoms with Gasteiger partial charge in [0, 0.05) is 11.5 Å². The molecule has 5 amide bonds. The van der Waals surface area contributed by atoms with Gasteiger partial charge in [0.1, 0.15) is 18.6 Å². The molecule has 0 aromatic rings. The van der Waals surface area contributed by atoms with E-state index in [1.165, 1.54) is 6.92 Å². The predicted molar refractivity (Wildman–Crippen MR) is 112 cm³/mol. The Morgan fingerprint density at radius 1 is 0.800 bits per heavy atom. The van der Waals surface area contributed by atoms with Crippen molar-refractivity contribution >= 4 is 60.8 Å². The number of hydrogen-bond acceptors (Lipinski definition) is 9. The van der Waals surface area contributed by atoms with Gasteiger partial charge in [-0.1, -0.05) is 0 Å². The lowest BCUT2D eigenvalue weighted by Gasteiger charge is -2.19. The van der Waals surface area contributed by atoms with Gasteiger partial charge >= 0.3 is 5.97 Å². The summed E-state index contributed by atoms with van der Waals surface area (Å²) in [6.45, 7) is -0.139. The lowest BCUT2D eigenvalue weighted by atomic mass is 10.2. The Morgan fingerprint density at radius 2 is 1.37 bits per heavy atom. The smallest absolute Gasteiger partial charge is 0.322 e. The standard InChI is InChI=1S/C15H26N6O7S2/c1-7(13(26)19-4-12(24)25)20-15(28)9(6-30)21-11(23)3-17-10(22)2-18-14(27)8(16)5-29/h7-9,29-30H,2-6,16H2,1H3,(H,17,22)(H,18,27)(H,19,26)(H,20,28)(H,21,23)(H,24,25)/t7-,8-,9-/m0/s1. The molecule has 0 aromatic carbocycles. The summed E-state index contributed by atoms with van der Waals surface area (Å²) < 4.78 is 0. The van der Waals surface area contributed by atoms with Crippen molar-refractivity contribution < 1.29 is 33.9 Å². The lowest BCUT2D eigenvalue weighted by Crippen LogP contribution is -2.55. The SMILES string of the molecule is C[C@H](NC(=O)[C@H](CS)NC(=O)CNC(=O)CNC(=O)[C@@H](N)CS)C(=O)NCC(=O)O. The third-order valence-corrected chi connectivity index (χ3v) is 4.16. The van der Waals surface area contributed by atoms with E-state index in [0.29, 0.717) is 0 Å². The molecule has 3 atom stereocenters. The van der Waals surface area contributed by atoms with Crippen LogP contribution in [0.25, 0.3) is 0 Å². The molecule has 0 fully saturated rings. The zero-order valence-electron chi connectivity index (χ0n) is 16.1. The normalized spacial score (nSPS) is 13.2. The first-order valence-electron chi connectivity index (χ1n) is 8.62. The van der Waals surface area contributed by atoms with Crippen LogP contribution in [-0.2, 0) is 28.8 Å². The van der Waals surface area contributed by atoms with Gasteiger partial charge in [-0.05, 0) is 6.92 Å². The second-order valence-corrected chi connectivity index (χ2v) is 6.66. The van der Waals surface area contributed by atoms with Crippen molar-refractivity contribution in [2.24, 2.45) is 5.73 Å². The minimum atomic E-state index is -1.24. The number of carboxylic acids is 1. The number of carbonyl (C=O) groups is 6. The monoisotopic (exact) mass is 466 g/mol. The highest BCUT2D eigenvalue weighted by atomic mass is 32.1. The number of rotatable bonds is 13. The van der Waals surface area contributed by atoms with Crippen LogP contribution in [0.3, 0.4) is 0 Å². The molecule has 8 N–H and O–H groups in total. The number of amides is 5. The summed E-state index contributed by atoms with van der Waals surface area (Å²) in [5, 5.41) is 19.8. The van der Waals surface area contributed by atoms with E-state index in [4.69, 9.17) is 10.8 Å². The van der Waals surface area contributed by atoms with Gasteiger partial charge in [-0.3, -0.25) is 28.8 Å². The molecule has 0 aliphatic heterocycles. The Kier molecular flexibility index (Phi) is 13.2.